The lowest BCUT2D eigenvalue weighted by atomic mass is 9.71. The Bertz CT molecular complexity index is 2310. The van der Waals surface area contributed by atoms with Crippen molar-refractivity contribution in [2.45, 2.75) is 95.9 Å². The Hall–Kier alpha value is -5.45. The second-order valence-corrected chi connectivity index (χ2v) is 18.9. The number of amides is 5. The summed E-state index contributed by atoms with van der Waals surface area (Å²) in [6.07, 6.45) is 7.19. The van der Waals surface area contributed by atoms with Gasteiger partial charge in [-0.3, -0.25) is 34.2 Å². The first kappa shape index (κ1) is 41.9. The molecule has 4 unspecified atom stereocenters. The molecule has 5 saturated heterocycles. The van der Waals surface area contributed by atoms with E-state index in [2.05, 4.69) is 45.1 Å². The molecule has 0 radical (unpaired) electrons. The van der Waals surface area contributed by atoms with Crippen LogP contribution in [-0.4, -0.2) is 114 Å². The van der Waals surface area contributed by atoms with E-state index in [9.17, 15) is 29.2 Å². The predicted molar refractivity (Wildman–Crippen MR) is 234 cm³/mol. The molecular formula is C48H54ClN7O6. The summed E-state index contributed by atoms with van der Waals surface area (Å²) in [4.78, 5) is 75.0. The predicted octanol–water partition coefficient (Wildman–Crippen LogP) is 6.28. The number of ether oxygens (including phenoxy) is 1. The lowest BCUT2D eigenvalue weighted by molar-refractivity contribution is -0.136. The molecule has 0 aliphatic carbocycles. The lowest BCUT2D eigenvalue weighted by Gasteiger charge is -2.55. The average molecular weight is 860 g/mol. The molecule has 1 spiro atoms. The van der Waals surface area contributed by atoms with Crippen molar-refractivity contribution in [2.24, 2.45) is 11.3 Å². The summed E-state index contributed by atoms with van der Waals surface area (Å²) < 4.78 is 6.15. The molecule has 324 valence electrons. The Morgan fingerprint density at radius 2 is 1.58 bits per heavy atom. The van der Waals surface area contributed by atoms with Gasteiger partial charge in [-0.15, -0.1) is 0 Å². The van der Waals surface area contributed by atoms with E-state index in [1.54, 1.807) is 30.3 Å². The zero-order valence-corrected chi connectivity index (χ0v) is 36.2. The number of nitriles is 1. The summed E-state index contributed by atoms with van der Waals surface area (Å²) in [6, 6.07) is 20.0. The highest BCUT2D eigenvalue weighted by atomic mass is 35.5. The molecular weight excluding hydrogens is 806 g/mol. The van der Waals surface area contributed by atoms with Crippen molar-refractivity contribution in [3.8, 4) is 11.8 Å². The number of piperidine rings is 3. The van der Waals surface area contributed by atoms with E-state index in [4.69, 9.17) is 16.3 Å². The van der Waals surface area contributed by atoms with Crippen LogP contribution in [-0.2, 0) is 9.59 Å². The van der Waals surface area contributed by atoms with Gasteiger partial charge in [-0.2, -0.15) is 5.26 Å². The molecule has 9 rings (SSSR count). The number of hydrogen-bond acceptors (Lipinski definition) is 10. The van der Waals surface area contributed by atoms with E-state index in [0.717, 1.165) is 82.1 Å². The summed E-state index contributed by atoms with van der Waals surface area (Å²) in [6.45, 7) is 11.3. The summed E-state index contributed by atoms with van der Waals surface area (Å²) in [5, 5.41) is 11.8. The highest BCUT2D eigenvalue weighted by Crippen LogP contribution is 2.43. The number of likely N-dealkylation sites (tertiary alicyclic amines) is 2. The van der Waals surface area contributed by atoms with Crippen LogP contribution >= 0.6 is 11.6 Å². The number of carbonyl (C=O) groups is 5. The molecule has 3 aromatic rings. The van der Waals surface area contributed by atoms with Gasteiger partial charge in [-0.25, -0.2) is 0 Å². The number of hydrogen-bond donors (Lipinski definition) is 1. The number of nitrogens with zero attached hydrogens (tertiary/aromatic N) is 6. The smallest absolute Gasteiger partial charge is 0.262 e. The van der Waals surface area contributed by atoms with Gasteiger partial charge in [0.2, 0.25) is 11.8 Å². The Labute approximate surface area is 367 Å². The standard InChI is InChI=1S/C48H54ClN7O6/c1-30-3-7-37(23-31(2)62-38-11-6-34(26-50)41(49)25-38)55(30)45(59)33-4-8-35(9-5-33)54-28-48(29-54)17-21-52(22-18-48)27-32-15-19-53(20-16-32)36-10-12-39-40(24-36)47(61)56(46(39)60)42-13-14-43(57)51-44(42)58/h4-6,8-12,24-25,30-32,37,42H,3,7,13-23,27-29H2,1-2H3,(H,51,57,58). The molecule has 0 aromatic heterocycles. The normalized spacial score (nSPS) is 24.5. The Morgan fingerprint density at radius 1 is 0.871 bits per heavy atom. The number of nitrogens with one attached hydrogen (secondary N) is 1. The lowest BCUT2D eigenvalue weighted by Crippen LogP contribution is -2.60. The van der Waals surface area contributed by atoms with Crippen molar-refractivity contribution in [1.29, 1.82) is 5.26 Å². The first-order chi connectivity index (χ1) is 29.9. The number of carbonyl (C=O) groups excluding carboxylic acids is 5. The zero-order valence-electron chi connectivity index (χ0n) is 35.5. The molecule has 0 bridgehead atoms. The minimum atomic E-state index is -0.964. The minimum Gasteiger partial charge on any atom is -0.491 e. The van der Waals surface area contributed by atoms with Gasteiger partial charge in [-0.05, 0) is 132 Å². The molecule has 62 heavy (non-hydrogen) atoms. The van der Waals surface area contributed by atoms with Gasteiger partial charge in [-0.1, -0.05) is 11.6 Å². The maximum Gasteiger partial charge on any atom is 0.262 e. The maximum atomic E-state index is 13.9. The average Bonchev–Trinajstić information content (AvgIpc) is 3.74. The van der Waals surface area contributed by atoms with Crippen molar-refractivity contribution in [2.75, 3.05) is 55.6 Å². The number of rotatable bonds is 10. The van der Waals surface area contributed by atoms with Crippen LogP contribution in [0.25, 0.3) is 0 Å². The van der Waals surface area contributed by atoms with Crippen LogP contribution in [0.5, 0.6) is 5.75 Å². The van der Waals surface area contributed by atoms with Gasteiger partial charge < -0.3 is 24.3 Å². The monoisotopic (exact) mass is 859 g/mol. The van der Waals surface area contributed by atoms with E-state index in [-0.39, 0.29) is 42.8 Å². The summed E-state index contributed by atoms with van der Waals surface area (Å²) >= 11 is 6.22. The van der Waals surface area contributed by atoms with Gasteiger partial charge in [0, 0.05) is 86.1 Å². The number of imide groups is 2. The molecule has 5 amide bonds. The van der Waals surface area contributed by atoms with Crippen molar-refractivity contribution in [3.63, 3.8) is 0 Å². The van der Waals surface area contributed by atoms with Crippen LogP contribution in [0.1, 0.15) is 108 Å². The number of anilines is 2. The van der Waals surface area contributed by atoms with Crippen LogP contribution in [0, 0.1) is 22.7 Å². The third kappa shape index (κ3) is 8.15. The third-order valence-electron chi connectivity index (χ3n) is 14.4. The van der Waals surface area contributed by atoms with E-state index in [1.807, 2.05) is 30.0 Å². The molecule has 3 aromatic carbocycles. The maximum absolute atomic E-state index is 13.9. The summed E-state index contributed by atoms with van der Waals surface area (Å²) in [7, 11) is 0. The molecule has 13 nitrogen and oxygen atoms in total. The molecule has 4 atom stereocenters. The Morgan fingerprint density at radius 3 is 2.27 bits per heavy atom. The van der Waals surface area contributed by atoms with Gasteiger partial charge in [0.1, 0.15) is 17.9 Å². The fourth-order valence-electron chi connectivity index (χ4n) is 10.8. The Kier molecular flexibility index (Phi) is 11.5. The second-order valence-electron chi connectivity index (χ2n) is 18.5. The molecule has 0 saturated carbocycles. The Balaban J connectivity index is 0.715. The fourth-order valence-corrected chi connectivity index (χ4v) is 11.0. The van der Waals surface area contributed by atoms with Crippen LogP contribution in [0.3, 0.4) is 0 Å². The molecule has 14 heteroatoms. The van der Waals surface area contributed by atoms with Crippen LogP contribution in [0.2, 0.25) is 5.02 Å². The van der Waals surface area contributed by atoms with Gasteiger partial charge >= 0.3 is 0 Å². The number of benzene rings is 3. The molecule has 6 aliphatic rings. The van der Waals surface area contributed by atoms with E-state index >= 15 is 0 Å². The van der Waals surface area contributed by atoms with Gasteiger partial charge in [0.05, 0.1) is 27.8 Å². The SMILES string of the molecule is CC(CC1CCC(C)N1C(=O)c1ccc(N2CC3(CCN(CC4CCN(c5ccc6c(c5)C(=O)N(C5CCC(=O)NC5=O)C6=O)CC4)CC3)C2)cc1)Oc1ccc(C#N)c(Cl)c1. The van der Waals surface area contributed by atoms with Crippen molar-refractivity contribution < 1.29 is 28.7 Å². The van der Waals surface area contributed by atoms with Crippen LogP contribution in [0.4, 0.5) is 11.4 Å². The van der Waals surface area contributed by atoms with Crippen LogP contribution < -0.4 is 19.9 Å². The highest BCUT2D eigenvalue weighted by molar-refractivity contribution is 6.31. The van der Waals surface area contributed by atoms with Crippen molar-refractivity contribution in [1.82, 2.24) is 20.0 Å². The number of fused-ring (bicyclic) bond motifs is 1. The molecule has 6 aliphatic heterocycles. The van der Waals surface area contributed by atoms with Crippen molar-refractivity contribution >= 4 is 52.5 Å². The second kappa shape index (κ2) is 17.0. The first-order valence-corrected chi connectivity index (χ1v) is 22.6. The minimum absolute atomic E-state index is 0.0655. The van der Waals surface area contributed by atoms with E-state index < -0.39 is 23.8 Å². The van der Waals surface area contributed by atoms with Crippen molar-refractivity contribution in [3.05, 3.63) is 87.9 Å². The largest absolute Gasteiger partial charge is 0.491 e. The fraction of sp³-hybridized carbons (Fsp3) is 0.500. The first-order valence-electron chi connectivity index (χ1n) is 22.3. The van der Waals surface area contributed by atoms with E-state index in [1.165, 1.54) is 18.5 Å². The summed E-state index contributed by atoms with van der Waals surface area (Å²) in [5.41, 5.74) is 4.19. The molecule has 5 fully saturated rings. The molecule has 1 N–H and O–H groups in total. The van der Waals surface area contributed by atoms with Crippen LogP contribution in [0.15, 0.2) is 60.7 Å². The topological polar surface area (TPSA) is 147 Å². The van der Waals surface area contributed by atoms with Gasteiger partial charge in [0.15, 0.2) is 0 Å². The number of halogens is 1. The summed E-state index contributed by atoms with van der Waals surface area (Å²) in [5.74, 6) is -0.644. The van der Waals surface area contributed by atoms with Gasteiger partial charge in [0.25, 0.3) is 17.7 Å². The third-order valence-corrected chi connectivity index (χ3v) is 14.7. The molecule has 6 heterocycles. The zero-order chi connectivity index (χ0) is 43.3. The quantitative estimate of drug-likeness (QED) is 0.231. The van der Waals surface area contributed by atoms with E-state index in [0.29, 0.717) is 50.8 Å². The highest BCUT2D eigenvalue weighted by Gasteiger charge is 2.46.